The third-order valence-corrected chi connectivity index (χ3v) is 4.62. The number of hydrogen-bond donors (Lipinski definition) is 0. The highest BCUT2D eigenvalue weighted by Gasteiger charge is 2.37. The van der Waals surface area contributed by atoms with Crippen LogP contribution in [0.1, 0.15) is 33.6 Å². The number of nitro benzene ring substituents is 1. The van der Waals surface area contributed by atoms with Gasteiger partial charge in [0.2, 0.25) is 0 Å². The Morgan fingerprint density at radius 2 is 1.89 bits per heavy atom. The predicted molar refractivity (Wildman–Crippen MR) is 94.0 cm³/mol. The van der Waals surface area contributed by atoms with E-state index in [0.717, 1.165) is 12.8 Å². The van der Waals surface area contributed by atoms with Gasteiger partial charge in [0.15, 0.2) is 0 Å². The Labute approximate surface area is 154 Å². The Hall–Kier alpha value is -3.26. The largest absolute Gasteiger partial charge is 0.457 e. The minimum atomic E-state index is -0.513. The summed E-state index contributed by atoms with van der Waals surface area (Å²) < 4.78 is 11.2. The maximum atomic E-state index is 12.6. The number of rotatable bonds is 5. The molecule has 0 saturated carbocycles. The molecule has 8 heteroatoms. The lowest BCUT2D eigenvalue weighted by atomic mass is 10.1. The van der Waals surface area contributed by atoms with Crippen LogP contribution in [-0.2, 0) is 4.74 Å². The van der Waals surface area contributed by atoms with Crippen LogP contribution in [-0.4, -0.2) is 40.9 Å². The first kappa shape index (κ1) is 17.2. The van der Waals surface area contributed by atoms with Gasteiger partial charge in [0.05, 0.1) is 34.8 Å². The summed E-state index contributed by atoms with van der Waals surface area (Å²) in [5.41, 5.74) is 0.493. The van der Waals surface area contributed by atoms with Gasteiger partial charge in [-0.1, -0.05) is 6.07 Å². The van der Waals surface area contributed by atoms with Gasteiger partial charge in [-0.2, -0.15) is 0 Å². The lowest BCUT2D eigenvalue weighted by molar-refractivity contribution is -0.384. The van der Waals surface area contributed by atoms with E-state index in [-0.39, 0.29) is 41.5 Å². The van der Waals surface area contributed by atoms with Gasteiger partial charge in [-0.15, -0.1) is 0 Å². The summed E-state index contributed by atoms with van der Waals surface area (Å²) in [7, 11) is 0. The molecule has 0 aromatic heterocycles. The van der Waals surface area contributed by atoms with Crippen LogP contribution in [0.25, 0.3) is 0 Å². The van der Waals surface area contributed by atoms with Crippen molar-refractivity contribution in [3.05, 3.63) is 63.7 Å². The Bertz CT molecular complexity index is 936. The fourth-order valence-corrected chi connectivity index (χ4v) is 3.29. The zero-order chi connectivity index (χ0) is 19.0. The second-order valence-electron chi connectivity index (χ2n) is 6.42. The summed E-state index contributed by atoms with van der Waals surface area (Å²) in [6.07, 6.45) is 1.64. The Morgan fingerprint density at radius 3 is 2.63 bits per heavy atom. The van der Waals surface area contributed by atoms with Crippen molar-refractivity contribution < 1.29 is 24.0 Å². The van der Waals surface area contributed by atoms with Crippen molar-refractivity contribution in [1.82, 2.24) is 4.90 Å². The maximum absolute atomic E-state index is 12.6. The highest BCUT2D eigenvalue weighted by molar-refractivity contribution is 6.21. The van der Waals surface area contributed by atoms with Crippen LogP contribution in [0.3, 0.4) is 0 Å². The lowest BCUT2D eigenvalue weighted by Crippen LogP contribution is -2.36. The molecule has 2 heterocycles. The van der Waals surface area contributed by atoms with Gasteiger partial charge < -0.3 is 9.47 Å². The Balaban J connectivity index is 1.55. The molecule has 0 radical (unpaired) electrons. The van der Waals surface area contributed by atoms with Crippen molar-refractivity contribution in [1.29, 1.82) is 0 Å². The highest BCUT2D eigenvalue weighted by Crippen LogP contribution is 2.31. The standard InChI is InChI=1S/C19H16N2O6/c22-18-16-7-6-14(27-13-4-1-3-12(9-13)21(24)25)10-17(16)19(23)20(18)11-15-5-2-8-26-15/h1,3-4,6-7,9-10,15H,2,5,8,11H2/t15-/m0/s1. The number of imide groups is 1. The van der Waals surface area contributed by atoms with Gasteiger partial charge in [-0.05, 0) is 37.1 Å². The molecule has 2 aromatic carbocycles. The van der Waals surface area contributed by atoms with Crippen LogP contribution in [0.2, 0.25) is 0 Å². The summed E-state index contributed by atoms with van der Waals surface area (Å²) in [5.74, 6) is -0.117. The zero-order valence-electron chi connectivity index (χ0n) is 14.3. The van der Waals surface area contributed by atoms with Crippen molar-refractivity contribution >= 4 is 17.5 Å². The number of fused-ring (bicyclic) bond motifs is 1. The van der Waals surface area contributed by atoms with Crippen LogP contribution in [0.15, 0.2) is 42.5 Å². The number of carbonyl (C=O) groups excluding carboxylic acids is 2. The van der Waals surface area contributed by atoms with E-state index in [2.05, 4.69) is 0 Å². The van der Waals surface area contributed by atoms with Gasteiger partial charge in [0.25, 0.3) is 17.5 Å². The van der Waals surface area contributed by atoms with Gasteiger partial charge in [0.1, 0.15) is 11.5 Å². The van der Waals surface area contributed by atoms with E-state index in [1.54, 1.807) is 12.1 Å². The molecule has 0 spiro atoms. The fraction of sp³-hybridized carbons (Fsp3) is 0.263. The first-order chi connectivity index (χ1) is 13.0. The van der Waals surface area contributed by atoms with Crippen LogP contribution in [0.5, 0.6) is 11.5 Å². The lowest BCUT2D eigenvalue weighted by Gasteiger charge is -2.17. The van der Waals surface area contributed by atoms with E-state index in [1.165, 1.54) is 35.2 Å². The fourth-order valence-electron chi connectivity index (χ4n) is 3.29. The summed E-state index contributed by atoms with van der Waals surface area (Å²) in [5, 5.41) is 10.9. The summed E-state index contributed by atoms with van der Waals surface area (Å²) in [4.78, 5) is 36.7. The van der Waals surface area contributed by atoms with E-state index >= 15 is 0 Å². The topological polar surface area (TPSA) is 99.0 Å². The molecule has 1 saturated heterocycles. The van der Waals surface area contributed by atoms with Crippen LogP contribution in [0, 0.1) is 10.1 Å². The molecule has 2 amide bonds. The number of non-ortho nitro benzene ring substituents is 1. The molecule has 2 aliphatic rings. The van der Waals surface area contributed by atoms with Crippen molar-refractivity contribution in [2.75, 3.05) is 13.2 Å². The van der Waals surface area contributed by atoms with Crippen molar-refractivity contribution in [3.8, 4) is 11.5 Å². The molecular weight excluding hydrogens is 352 g/mol. The quantitative estimate of drug-likeness (QED) is 0.457. The minimum absolute atomic E-state index is 0.0948. The second-order valence-corrected chi connectivity index (χ2v) is 6.42. The molecular formula is C19H16N2O6. The normalized spacial score (nSPS) is 18.7. The number of carbonyl (C=O) groups is 2. The zero-order valence-corrected chi connectivity index (χ0v) is 14.3. The Kier molecular flexibility index (Phi) is 4.33. The maximum Gasteiger partial charge on any atom is 0.273 e. The summed E-state index contributed by atoms with van der Waals surface area (Å²) in [6, 6.07) is 10.3. The monoisotopic (exact) mass is 368 g/mol. The second kappa shape index (κ2) is 6.81. The first-order valence-electron chi connectivity index (χ1n) is 8.57. The third kappa shape index (κ3) is 3.26. The summed E-state index contributed by atoms with van der Waals surface area (Å²) in [6.45, 7) is 0.891. The van der Waals surface area contributed by atoms with Gasteiger partial charge in [0, 0.05) is 12.7 Å². The molecule has 27 heavy (non-hydrogen) atoms. The van der Waals surface area contributed by atoms with Crippen LogP contribution < -0.4 is 4.74 Å². The first-order valence-corrected chi connectivity index (χ1v) is 8.57. The Morgan fingerprint density at radius 1 is 1.11 bits per heavy atom. The van der Waals surface area contributed by atoms with Gasteiger partial charge in [-0.25, -0.2) is 0 Å². The van der Waals surface area contributed by atoms with E-state index in [4.69, 9.17) is 9.47 Å². The van der Waals surface area contributed by atoms with Crippen molar-refractivity contribution in [3.63, 3.8) is 0 Å². The number of nitro groups is 1. The van der Waals surface area contributed by atoms with Crippen LogP contribution >= 0.6 is 0 Å². The average Bonchev–Trinajstić information content (AvgIpc) is 3.25. The van der Waals surface area contributed by atoms with Gasteiger partial charge in [-0.3, -0.25) is 24.6 Å². The SMILES string of the molecule is O=C1c2ccc(Oc3cccc([N+](=O)[O-])c3)cc2C(=O)N1C[C@@H]1CCCO1. The molecule has 1 atom stereocenters. The highest BCUT2D eigenvalue weighted by atomic mass is 16.6. The van der Waals surface area contributed by atoms with E-state index < -0.39 is 4.92 Å². The summed E-state index contributed by atoms with van der Waals surface area (Å²) >= 11 is 0. The smallest absolute Gasteiger partial charge is 0.273 e. The number of ether oxygens (including phenoxy) is 2. The third-order valence-electron chi connectivity index (χ3n) is 4.62. The molecule has 0 N–H and O–H groups in total. The molecule has 2 aliphatic heterocycles. The predicted octanol–water partition coefficient (Wildman–Crippen LogP) is 3.16. The number of nitrogens with zero attached hydrogens (tertiary/aromatic N) is 2. The van der Waals surface area contributed by atoms with Crippen molar-refractivity contribution in [2.24, 2.45) is 0 Å². The molecule has 138 valence electrons. The number of benzene rings is 2. The molecule has 2 aromatic rings. The molecule has 0 aliphatic carbocycles. The van der Waals surface area contributed by atoms with Crippen LogP contribution in [0.4, 0.5) is 5.69 Å². The molecule has 0 bridgehead atoms. The molecule has 0 unspecified atom stereocenters. The molecule has 1 fully saturated rings. The van der Waals surface area contributed by atoms with Crippen molar-refractivity contribution in [2.45, 2.75) is 18.9 Å². The minimum Gasteiger partial charge on any atom is -0.457 e. The molecule has 4 rings (SSSR count). The van der Waals surface area contributed by atoms with E-state index in [1.807, 2.05) is 0 Å². The average molecular weight is 368 g/mol. The number of amides is 2. The molecule has 8 nitrogen and oxygen atoms in total. The van der Waals surface area contributed by atoms with E-state index in [0.29, 0.717) is 17.9 Å². The van der Waals surface area contributed by atoms with Gasteiger partial charge >= 0.3 is 0 Å². The number of hydrogen-bond acceptors (Lipinski definition) is 6. The van der Waals surface area contributed by atoms with E-state index in [9.17, 15) is 19.7 Å².